The maximum Gasteiger partial charge on any atom is 0.174 e. The minimum Gasteiger partial charge on any atom is -0.356 e. The number of hydrogen-bond acceptors (Lipinski definition) is 1. The van der Waals surface area contributed by atoms with E-state index in [1.165, 1.54) is 38.9 Å². The van der Waals surface area contributed by atoms with Gasteiger partial charge in [0.05, 0.1) is 6.04 Å². The molecule has 4 rings (SSSR count). The molecule has 0 fully saturated rings. The van der Waals surface area contributed by atoms with E-state index in [4.69, 9.17) is 12.2 Å². The predicted octanol–water partition coefficient (Wildman–Crippen LogP) is 5.80. The zero-order chi connectivity index (χ0) is 19.1. The monoisotopic (exact) mass is 377 g/mol. The van der Waals surface area contributed by atoms with Crippen LogP contribution < -0.4 is 5.32 Å². The lowest BCUT2D eigenvalue weighted by atomic mass is 9.96. The molecule has 0 saturated heterocycles. The van der Waals surface area contributed by atoms with E-state index in [1.54, 1.807) is 0 Å². The summed E-state index contributed by atoms with van der Waals surface area (Å²) in [5, 5.41) is 5.69. The van der Waals surface area contributed by atoms with E-state index in [2.05, 4.69) is 79.3 Å². The van der Waals surface area contributed by atoms with E-state index in [1.807, 2.05) is 0 Å². The van der Waals surface area contributed by atoms with E-state index < -0.39 is 0 Å². The summed E-state index contributed by atoms with van der Waals surface area (Å²) in [5.74, 6) is 0. The van der Waals surface area contributed by atoms with E-state index in [0.29, 0.717) is 0 Å². The Morgan fingerprint density at radius 2 is 1.89 bits per heavy atom. The lowest BCUT2D eigenvalue weighted by molar-refractivity contribution is 0.291. The highest BCUT2D eigenvalue weighted by Crippen LogP contribution is 2.36. The fourth-order valence-electron chi connectivity index (χ4n) is 4.27. The zero-order valence-corrected chi connectivity index (χ0v) is 17.3. The molecule has 4 heteroatoms. The summed E-state index contributed by atoms with van der Waals surface area (Å²) < 4.78 is 0. The van der Waals surface area contributed by atoms with Crippen LogP contribution in [0.25, 0.3) is 10.9 Å². The van der Waals surface area contributed by atoms with Crippen LogP contribution >= 0.6 is 12.2 Å². The van der Waals surface area contributed by atoms with Gasteiger partial charge in [-0.2, -0.15) is 0 Å². The van der Waals surface area contributed by atoms with Crippen molar-refractivity contribution in [2.75, 3.05) is 11.9 Å². The molecule has 2 N–H and O–H groups in total. The number of benzene rings is 2. The molecule has 27 heavy (non-hydrogen) atoms. The Balaban J connectivity index is 1.64. The zero-order valence-electron chi connectivity index (χ0n) is 16.5. The quantitative estimate of drug-likeness (QED) is 0.553. The number of nitrogens with zero attached hydrogens (tertiary/aromatic N) is 1. The second-order valence-electron chi connectivity index (χ2n) is 7.61. The van der Waals surface area contributed by atoms with Crippen molar-refractivity contribution in [3.63, 3.8) is 0 Å². The van der Waals surface area contributed by atoms with Gasteiger partial charge >= 0.3 is 0 Å². The van der Waals surface area contributed by atoms with Crippen LogP contribution in [0.1, 0.15) is 47.3 Å². The van der Waals surface area contributed by atoms with Crippen molar-refractivity contribution in [2.24, 2.45) is 0 Å². The Hall–Kier alpha value is -2.33. The molecule has 3 aromatic rings. The Kier molecular flexibility index (Phi) is 4.68. The lowest BCUT2D eigenvalue weighted by Crippen LogP contribution is -2.42. The van der Waals surface area contributed by atoms with Crippen molar-refractivity contribution in [3.8, 4) is 0 Å². The van der Waals surface area contributed by atoms with E-state index in [9.17, 15) is 0 Å². The Bertz CT molecular complexity index is 1020. The smallest absolute Gasteiger partial charge is 0.174 e. The molecule has 0 spiro atoms. The van der Waals surface area contributed by atoms with Crippen molar-refractivity contribution < 1.29 is 0 Å². The van der Waals surface area contributed by atoms with Crippen LogP contribution in [0.4, 0.5) is 5.69 Å². The molecule has 0 radical (unpaired) electrons. The summed E-state index contributed by atoms with van der Waals surface area (Å²) >= 11 is 5.85. The fourth-order valence-corrected chi connectivity index (χ4v) is 4.60. The van der Waals surface area contributed by atoms with Crippen LogP contribution in [-0.2, 0) is 6.42 Å². The summed E-state index contributed by atoms with van der Waals surface area (Å²) in [5.41, 5.74) is 8.96. The molecular weight excluding hydrogens is 350 g/mol. The van der Waals surface area contributed by atoms with E-state index in [-0.39, 0.29) is 6.04 Å². The first kappa shape index (κ1) is 18.1. The maximum atomic E-state index is 5.85. The number of aromatic amines is 1. The van der Waals surface area contributed by atoms with Crippen LogP contribution in [0.15, 0.2) is 36.4 Å². The van der Waals surface area contributed by atoms with Gasteiger partial charge < -0.3 is 15.2 Å². The number of nitrogens with one attached hydrogen (secondary N) is 2. The van der Waals surface area contributed by atoms with Crippen molar-refractivity contribution >= 4 is 33.9 Å². The molecule has 3 nitrogen and oxygen atoms in total. The van der Waals surface area contributed by atoms with Crippen molar-refractivity contribution in [1.29, 1.82) is 0 Å². The highest BCUT2D eigenvalue weighted by Gasteiger charge is 2.30. The van der Waals surface area contributed by atoms with Crippen LogP contribution in [0, 0.1) is 20.8 Å². The molecule has 1 aromatic heterocycles. The second-order valence-corrected chi connectivity index (χ2v) is 8.00. The van der Waals surface area contributed by atoms with Crippen molar-refractivity contribution in [3.05, 3.63) is 64.3 Å². The molecule has 1 aliphatic rings. The van der Waals surface area contributed by atoms with Crippen LogP contribution in [0.3, 0.4) is 0 Å². The molecule has 2 heterocycles. The summed E-state index contributed by atoms with van der Waals surface area (Å²) in [6, 6.07) is 13.3. The molecule has 1 atom stereocenters. The summed E-state index contributed by atoms with van der Waals surface area (Å²) in [7, 11) is 0. The Labute approximate surface area is 166 Å². The molecule has 0 saturated carbocycles. The summed E-state index contributed by atoms with van der Waals surface area (Å²) in [6.07, 6.45) is 2.04. The second kappa shape index (κ2) is 7.01. The highest BCUT2D eigenvalue weighted by molar-refractivity contribution is 7.80. The third kappa shape index (κ3) is 3.12. The molecule has 1 unspecified atom stereocenters. The summed E-state index contributed by atoms with van der Waals surface area (Å²) in [4.78, 5) is 6.01. The number of fused-ring (bicyclic) bond motifs is 3. The molecule has 140 valence electrons. The van der Waals surface area contributed by atoms with Gasteiger partial charge in [0.1, 0.15) is 0 Å². The highest BCUT2D eigenvalue weighted by atomic mass is 32.1. The predicted molar refractivity (Wildman–Crippen MR) is 119 cm³/mol. The minimum atomic E-state index is 0.285. The molecular formula is C23H27N3S. The number of rotatable bonds is 2. The fraction of sp³-hybridized carbons (Fsp3) is 0.348. The van der Waals surface area contributed by atoms with Gasteiger partial charge in [-0.25, -0.2) is 0 Å². The number of anilines is 1. The minimum absolute atomic E-state index is 0.285. The molecule has 0 aliphatic carbocycles. The van der Waals surface area contributed by atoms with Crippen LogP contribution in [0.2, 0.25) is 0 Å². The first-order chi connectivity index (χ1) is 13.0. The topological polar surface area (TPSA) is 31.1 Å². The van der Waals surface area contributed by atoms with Gasteiger partial charge in [0, 0.05) is 28.8 Å². The largest absolute Gasteiger partial charge is 0.356 e. The van der Waals surface area contributed by atoms with Gasteiger partial charge in [0.25, 0.3) is 0 Å². The van der Waals surface area contributed by atoms with Crippen LogP contribution in [-0.4, -0.2) is 21.5 Å². The summed E-state index contributed by atoms with van der Waals surface area (Å²) in [6.45, 7) is 9.63. The maximum absolute atomic E-state index is 5.85. The number of para-hydroxylation sites is 1. The third-order valence-corrected chi connectivity index (χ3v) is 6.23. The first-order valence-electron chi connectivity index (χ1n) is 9.74. The molecule has 2 aromatic carbocycles. The van der Waals surface area contributed by atoms with Gasteiger partial charge in [-0.3, -0.25) is 0 Å². The number of aryl methyl sites for hydroxylation is 3. The SMILES string of the molecule is CCC1c2[nH]c3ccccc3c2CCN1C(=S)Nc1cc(C)c(C)cc1C. The number of H-pyrrole nitrogens is 1. The number of thiocarbonyl (C=S) groups is 1. The van der Waals surface area contributed by atoms with Gasteiger partial charge in [-0.15, -0.1) is 0 Å². The van der Waals surface area contributed by atoms with Gasteiger partial charge in [0.15, 0.2) is 5.11 Å². The average molecular weight is 378 g/mol. The third-order valence-electron chi connectivity index (χ3n) is 5.89. The van der Waals surface area contributed by atoms with Gasteiger partial charge in [-0.05, 0) is 80.2 Å². The van der Waals surface area contributed by atoms with Crippen molar-refractivity contribution in [1.82, 2.24) is 9.88 Å². The Morgan fingerprint density at radius 1 is 1.15 bits per heavy atom. The Morgan fingerprint density at radius 3 is 2.67 bits per heavy atom. The lowest BCUT2D eigenvalue weighted by Gasteiger charge is -2.37. The average Bonchev–Trinajstić information content (AvgIpc) is 3.04. The van der Waals surface area contributed by atoms with Gasteiger partial charge in [0.2, 0.25) is 0 Å². The van der Waals surface area contributed by atoms with E-state index in [0.717, 1.165) is 30.2 Å². The van der Waals surface area contributed by atoms with Crippen molar-refractivity contribution in [2.45, 2.75) is 46.6 Å². The normalized spacial score (nSPS) is 16.4. The molecule has 0 amide bonds. The standard InChI is InChI=1S/C23H27N3S/c1-5-21-22-18(17-8-6-7-9-19(17)24-22)10-11-26(21)23(27)25-20-13-15(3)14(2)12-16(20)4/h6-9,12-13,21,24H,5,10-11H2,1-4H3,(H,25,27). The van der Waals surface area contributed by atoms with Gasteiger partial charge in [-0.1, -0.05) is 31.2 Å². The van der Waals surface area contributed by atoms with Crippen LogP contribution in [0.5, 0.6) is 0 Å². The number of hydrogen-bond donors (Lipinski definition) is 2. The number of aromatic nitrogens is 1. The first-order valence-corrected chi connectivity index (χ1v) is 10.2. The molecule has 0 bridgehead atoms. The van der Waals surface area contributed by atoms with E-state index >= 15 is 0 Å². The molecule has 1 aliphatic heterocycles.